The number of rotatable bonds is 8. The van der Waals surface area contributed by atoms with Gasteiger partial charge in [0.2, 0.25) is 11.9 Å². The SMILES string of the molecule is CCOC(=O)[C@H](Oc1ccc2c(c1)OC(=Cc1ccc(OC)cc1OC)C2=O)c1ccccc1. The highest BCUT2D eigenvalue weighted by molar-refractivity contribution is 6.14. The van der Waals surface area contributed by atoms with Gasteiger partial charge in [-0.3, -0.25) is 4.79 Å². The number of ketones is 1. The van der Waals surface area contributed by atoms with Gasteiger partial charge in [-0.25, -0.2) is 4.79 Å². The standard InChI is InChI=1S/C27H24O7/c1-4-32-27(29)26(17-8-6-5-7-9-17)33-20-12-13-21-23(16-20)34-24(25(21)28)14-18-10-11-19(30-2)15-22(18)31-3/h5-16,26H,4H2,1-3H3/t26-/m1/s1. The quantitative estimate of drug-likeness (QED) is 0.346. The molecule has 3 aromatic carbocycles. The van der Waals surface area contributed by atoms with Gasteiger partial charge in [-0.1, -0.05) is 30.3 Å². The Labute approximate surface area is 197 Å². The predicted octanol–water partition coefficient (Wildman–Crippen LogP) is 5.00. The summed E-state index contributed by atoms with van der Waals surface area (Å²) in [5.41, 5.74) is 1.73. The number of carbonyl (C=O) groups excluding carboxylic acids is 2. The molecule has 1 aliphatic rings. The molecule has 0 unspecified atom stereocenters. The number of benzene rings is 3. The Morgan fingerprint density at radius 2 is 1.74 bits per heavy atom. The Morgan fingerprint density at radius 3 is 2.44 bits per heavy atom. The van der Waals surface area contributed by atoms with E-state index in [0.29, 0.717) is 39.7 Å². The zero-order valence-electron chi connectivity index (χ0n) is 19.1. The molecule has 0 N–H and O–H groups in total. The molecule has 0 aliphatic carbocycles. The molecule has 0 saturated heterocycles. The lowest BCUT2D eigenvalue weighted by Gasteiger charge is -2.18. The summed E-state index contributed by atoms with van der Waals surface area (Å²) in [6.07, 6.45) is 0.668. The second-order valence-electron chi connectivity index (χ2n) is 7.37. The van der Waals surface area contributed by atoms with Crippen LogP contribution in [0.2, 0.25) is 0 Å². The van der Waals surface area contributed by atoms with Crippen molar-refractivity contribution >= 4 is 17.8 Å². The van der Waals surface area contributed by atoms with Crippen LogP contribution in [0.15, 0.2) is 72.5 Å². The molecule has 0 spiro atoms. The largest absolute Gasteiger partial charge is 0.497 e. The van der Waals surface area contributed by atoms with Crippen molar-refractivity contribution in [2.45, 2.75) is 13.0 Å². The lowest BCUT2D eigenvalue weighted by atomic mass is 10.1. The van der Waals surface area contributed by atoms with E-state index in [2.05, 4.69) is 0 Å². The van der Waals surface area contributed by atoms with Gasteiger partial charge in [-0.05, 0) is 37.3 Å². The fourth-order valence-electron chi connectivity index (χ4n) is 3.55. The minimum atomic E-state index is -0.949. The smallest absolute Gasteiger partial charge is 0.352 e. The van der Waals surface area contributed by atoms with Crippen LogP contribution in [0.25, 0.3) is 6.08 Å². The van der Waals surface area contributed by atoms with E-state index in [-0.39, 0.29) is 18.1 Å². The fourth-order valence-corrected chi connectivity index (χ4v) is 3.55. The van der Waals surface area contributed by atoms with E-state index < -0.39 is 12.1 Å². The van der Waals surface area contributed by atoms with E-state index in [9.17, 15) is 9.59 Å². The zero-order chi connectivity index (χ0) is 24.1. The first-order valence-electron chi connectivity index (χ1n) is 10.7. The third kappa shape index (κ3) is 4.73. The molecule has 7 nitrogen and oxygen atoms in total. The molecule has 0 bridgehead atoms. The monoisotopic (exact) mass is 460 g/mol. The number of allylic oxidation sites excluding steroid dienone is 1. The number of ether oxygens (including phenoxy) is 5. The molecule has 0 fully saturated rings. The van der Waals surface area contributed by atoms with Crippen LogP contribution >= 0.6 is 0 Å². The summed E-state index contributed by atoms with van der Waals surface area (Å²) in [4.78, 5) is 25.4. The number of hydrogen-bond donors (Lipinski definition) is 0. The van der Waals surface area contributed by atoms with E-state index in [1.807, 2.05) is 18.2 Å². The first-order valence-corrected chi connectivity index (χ1v) is 10.7. The fraction of sp³-hybridized carbons (Fsp3) is 0.185. The molecule has 1 aliphatic heterocycles. The Bertz CT molecular complexity index is 1230. The number of hydrogen-bond acceptors (Lipinski definition) is 7. The normalized spacial score (nSPS) is 14.2. The van der Waals surface area contributed by atoms with Gasteiger partial charge in [0, 0.05) is 23.3 Å². The molecule has 0 aromatic heterocycles. The maximum atomic E-state index is 12.9. The minimum Gasteiger partial charge on any atom is -0.497 e. The van der Waals surface area contributed by atoms with Gasteiger partial charge in [-0.15, -0.1) is 0 Å². The molecule has 1 atom stereocenters. The topological polar surface area (TPSA) is 80.3 Å². The molecule has 3 aromatic rings. The van der Waals surface area contributed by atoms with Crippen LogP contribution < -0.4 is 18.9 Å². The molecular formula is C27H24O7. The molecule has 4 rings (SSSR count). The van der Waals surface area contributed by atoms with Gasteiger partial charge in [0.05, 0.1) is 26.4 Å². The average molecular weight is 460 g/mol. The molecule has 1 heterocycles. The van der Waals surface area contributed by atoms with Gasteiger partial charge in [0.1, 0.15) is 23.0 Å². The van der Waals surface area contributed by atoms with Gasteiger partial charge >= 0.3 is 5.97 Å². The summed E-state index contributed by atoms with van der Waals surface area (Å²) in [5.74, 6) is 1.29. The lowest BCUT2D eigenvalue weighted by Crippen LogP contribution is -2.21. The van der Waals surface area contributed by atoms with Crippen LogP contribution in [0, 0.1) is 0 Å². The number of fused-ring (bicyclic) bond motifs is 1. The highest BCUT2D eigenvalue weighted by Crippen LogP contribution is 2.37. The Kier molecular flexibility index (Phi) is 6.82. The lowest BCUT2D eigenvalue weighted by molar-refractivity contribution is -0.151. The van der Waals surface area contributed by atoms with Crippen molar-refractivity contribution in [3.05, 3.63) is 89.2 Å². The summed E-state index contributed by atoms with van der Waals surface area (Å²) in [5, 5.41) is 0. The molecule has 7 heteroatoms. The van der Waals surface area contributed by atoms with Crippen molar-refractivity contribution in [1.29, 1.82) is 0 Å². The molecule has 0 amide bonds. The van der Waals surface area contributed by atoms with Crippen LogP contribution in [0.5, 0.6) is 23.0 Å². The number of methoxy groups -OCH3 is 2. The minimum absolute atomic E-state index is 0.153. The highest BCUT2D eigenvalue weighted by Gasteiger charge is 2.30. The van der Waals surface area contributed by atoms with Crippen molar-refractivity contribution in [3.63, 3.8) is 0 Å². The van der Waals surface area contributed by atoms with E-state index in [1.54, 1.807) is 75.8 Å². The first kappa shape index (κ1) is 22.9. The van der Waals surface area contributed by atoms with E-state index in [0.717, 1.165) is 0 Å². The van der Waals surface area contributed by atoms with Crippen molar-refractivity contribution < 1.29 is 33.3 Å². The summed E-state index contributed by atoms with van der Waals surface area (Å²) < 4.78 is 27.6. The molecule has 0 saturated carbocycles. The summed E-state index contributed by atoms with van der Waals surface area (Å²) in [6.45, 7) is 1.97. The number of Topliss-reactive ketones (excluding diaryl/α,β-unsaturated/α-hetero) is 1. The Balaban J connectivity index is 1.60. The van der Waals surface area contributed by atoms with Crippen molar-refractivity contribution in [2.24, 2.45) is 0 Å². The molecular weight excluding hydrogens is 436 g/mol. The van der Waals surface area contributed by atoms with Crippen molar-refractivity contribution in [2.75, 3.05) is 20.8 Å². The predicted molar refractivity (Wildman–Crippen MR) is 125 cm³/mol. The molecule has 0 radical (unpaired) electrons. The van der Waals surface area contributed by atoms with Gasteiger partial charge < -0.3 is 23.7 Å². The van der Waals surface area contributed by atoms with Crippen LogP contribution in [0.3, 0.4) is 0 Å². The van der Waals surface area contributed by atoms with E-state index in [4.69, 9.17) is 23.7 Å². The van der Waals surface area contributed by atoms with Gasteiger partial charge in [-0.2, -0.15) is 0 Å². The number of esters is 1. The van der Waals surface area contributed by atoms with Gasteiger partial charge in [0.15, 0.2) is 5.76 Å². The van der Waals surface area contributed by atoms with Gasteiger partial charge in [0.25, 0.3) is 0 Å². The van der Waals surface area contributed by atoms with Crippen LogP contribution in [-0.2, 0) is 9.53 Å². The van der Waals surface area contributed by atoms with E-state index >= 15 is 0 Å². The maximum Gasteiger partial charge on any atom is 0.352 e. The average Bonchev–Trinajstić information content (AvgIpc) is 3.17. The van der Waals surface area contributed by atoms with E-state index in [1.165, 1.54) is 0 Å². The summed E-state index contributed by atoms with van der Waals surface area (Å²) in [6, 6.07) is 19.2. The first-order chi connectivity index (χ1) is 16.5. The second-order valence-corrected chi connectivity index (χ2v) is 7.37. The summed E-state index contributed by atoms with van der Waals surface area (Å²) >= 11 is 0. The molecule has 174 valence electrons. The maximum absolute atomic E-state index is 12.9. The molecule has 34 heavy (non-hydrogen) atoms. The van der Waals surface area contributed by atoms with Crippen LogP contribution in [-0.4, -0.2) is 32.6 Å². The van der Waals surface area contributed by atoms with Crippen molar-refractivity contribution in [1.82, 2.24) is 0 Å². The van der Waals surface area contributed by atoms with Crippen LogP contribution in [0.1, 0.15) is 34.5 Å². The highest BCUT2D eigenvalue weighted by atomic mass is 16.6. The van der Waals surface area contributed by atoms with Crippen molar-refractivity contribution in [3.8, 4) is 23.0 Å². The second kappa shape index (κ2) is 10.1. The third-order valence-corrected chi connectivity index (χ3v) is 5.23. The Morgan fingerprint density at radius 1 is 0.971 bits per heavy atom. The zero-order valence-corrected chi connectivity index (χ0v) is 19.1. The summed E-state index contributed by atoms with van der Waals surface area (Å²) in [7, 11) is 3.11. The van der Waals surface area contributed by atoms with Crippen LogP contribution in [0.4, 0.5) is 0 Å². The Hall–Kier alpha value is -4.26. The number of carbonyl (C=O) groups is 2. The third-order valence-electron chi connectivity index (χ3n) is 5.23.